The molecular weight excluding hydrogens is 296 g/mol. The monoisotopic (exact) mass is 330 g/mol. The largest absolute Gasteiger partial charge is 0.0928 e. The van der Waals surface area contributed by atoms with Crippen LogP contribution in [0.3, 0.4) is 0 Å². The fraction of sp³-hybridized carbons (Fsp3) is 0.889. The molecule has 0 aromatic carbocycles. The highest BCUT2D eigenvalue weighted by Crippen LogP contribution is 2.12. The van der Waals surface area contributed by atoms with Crippen molar-refractivity contribution in [1.82, 2.24) is 0 Å². The Morgan fingerprint density at radius 1 is 0.579 bits per heavy atom. The van der Waals surface area contributed by atoms with Crippen molar-refractivity contribution >= 4 is 15.9 Å². The van der Waals surface area contributed by atoms with E-state index in [0.29, 0.717) is 0 Å². The van der Waals surface area contributed by atoms with E-state index in [0.717, 1.165) is 5.33 Å². The minimum atomic E-state index is 1.13. The summed E-state index contributed by atoms with van der Waals surface area (Å²) < 4.78 is 0. The highest BCUT2D eigenvalue weighted by atomic mass is 79.9. The molecule has 0 fully saturated rings. The molecule has 0 N–H and O–H groups in total. The predicted octanol–water partition coefficient (Wildman–Crippen LogP) is 7.42. The molecule has 0 amide bonds. The quantitative estimate of drug-likeness (QED) is 0.166. The van der Waals surface area contributed by atoms with Crippen molar-refractivity contribution < 1.29 is 0 Å². The zero-order valence-corrected chi connectivity index (χ0v) is 14.7. The van der Waals surface area contributed by atoms with E-state index in [4.69, 9.17) is 0 Å². The van der Waals surface area contributed by atoms with E-state index >= 15 is 0 Å². The summed E-state index contributed by atoms with van der Waals surface area (Å²) in [5, 5.41) is 1.13. The standard InChI is InChI=1S/C18H35Br/c1-2-3-4-5-6-7-8-9-10-11-12-13-14-15-16-17-18-19/h14-15H,2-13,16-18H2,1H3. The molecule has 0 saturated heterocycles. The molecule has 0 aliphatic heterocycles. The van der Waals surface area contributed by atoms with Gasteiger partial charge in [0.2, 0.25) is 0 Å². The van der Waals surface area contributed by atoms with Gasteiger partial charge in [0.05, 0.1) is 0 Å². The first-order chi connectivity index (χ1) is 9.41. The molecular formula is C18H35Br. The summed E-state index contributed by atoms with van der Waals surface area (Å²) in [5.41, 5.74) is 0. The summed E-state index contributed by atoms with van der Waals surface area (Å²) in [7, 11) is 0. The molecule has 0 rings (SSSR count). The minimum absolute atomic E-state index is 1.13. The van der Waals surface area contributed by atoms with Gasteiger partial charge in [-0.1, -0.05) is 99.2 Å². The third-order valence-electron chi connectivity index (χ3n) is 3.65. The number of rotatable bonds is 15. The zero-order valence-electron chi connectivity index (χ0n) is 13.1. The molecule has 0 aromatic heterocycles. The van der Waals surface area contributed by atoms with E-state index in [1.807, 2.05) is 0 Å². The SMILES string of the molecule is CCCCCCCCCCCCCC=CCCCBr. The molecule has 0 heterocycles. The molecule has 0 spiro atoms. The van der Waals surface area contributed by atoms with Crippen molar-refractivity contribution in [2.45, 2.75) is 96.8 Å². The second-order valence-corrected chi connectivity index (χ2v) is 6.42. The maximum absolute atomic E-state index is 3.46. The van der Waals surface area contributed by atoms with E-state index in [-0.39, 0.29) is 0 Å². The van der Waals surface area contributed by atoms with Gasteiger partial charge >= 0.3 is 0 Å². The van der Waals surface area contributed by atoms with Crippen molar-refractivity contribution in [1.29, 1.82) is 0 Å². The Morgan fingerprint density at radius 2 is 1.00 bits per heavy atom. The van der Waals surface area contributed by atoms with Crippen LogP contribution in [0.1, 0.15) is 96.8 Å². The highest BCUT2D eigenvalue weighted by molar-refractivity contribution is 9.09. The van der Waals surface area contributed by atoms with Crippen LogP contribution in [0.4, 0.5) is 0 Å². The second-order valence-electron chi connectivity index (χ2n) is 5.63. The fourth-order valence-electron chi connectivity index (χ4n) is 2.36. The van der Waals surface area contributed by atoms with E-state index in [1.165, 1.54) is 89.9 Å². The Kier molecular flexibility index (Phi) is 18.4. The Hall–Kier alpha value is 0.220. The Bertz CT molecular complexity index is 175. The Morgan fingerprint density at radius 3 is 1.47 bits per heavy atom. The lowest BCUT2D eigenvalue weighted by Gasteiger charge is -2.01. The van der Waals surface area contributed by atoms with Crippen LogP contribution in [0.15, 0.2) is 12.2 Å². The predicted molar refractivity (Wildman–Crippen MR) is 93.2 cm³/mol. The molecule has 0 unspecified atom stereocenters. The minimum Gasteiger partial charge on any atom is -0.0928 e. The molecule has 0 nitrogen and oxygen atoms in total. The molecule has 19 heavy (non-hydrogen) atoms. The topological polar surface area (TPSA) is 0 Å². The summed E-state index contributed by atoms with van der Waals surface area (Å²) >= 11 is 3.46. The maximum Gasteiger partial charge on any atom is 0.00342 e. The molecule has 0 radical (unpaired) electrons. The normalized spacial score (nSPS) is 11.5. The second kappa shape index (κ2) is 18.2. The van der Waals surface area contributed by atoms with Gasteiger partial charge in [-0.05, 0) is 25.7 Å². The van der Waals surface area contributed by atoms with Crippen LogP contribution in [0, 0.1) is 0 Å². The van der Waals surface area contributed by atoms with Crippen molar-refractivity contribution in [2.24, 2.45) is 0 Å². The van der Waals surface area contributed by atoms with Gasteiger partial charge in [0.15, 0.2) is 0 Å². The van der Waals surface area contributed by atoms with Crippen molar-refractivity contribution in [2.75, 3.05) is 5.33 Å². The van der Waals surface area contributed by atoms with E-state index < -0.39 is 0 Å². The first-order valence-corrected chi connectivity index (χ1v) is 9.75. The Balaban J connectivity index is 2.97. The lowest BCUT2D eigenvalue weighted by Crippen LogP contribution is -1.82. The third-order valence-corrected chi connectivity index (χ3v) is 4.21. The van der Waals surface area contributed by atoms with Gasteiger partial charge in [0, 0.05) is 5.33 Å². The number of hydrogen-bond acceptors (Lipinski definition) is 0. The van der Waals surface area contributed by atoms with Crippen molar-refractivity contribution in [3.05, 3.63) is 12.2 Å². The molecule has 0 bridgehead atoms. The van der Waals surface area contributed by atoms with Crippen LogP contribution in [-0.2, 0) is 0 Å². The fourth-order valence-corrected chi connectivity index (χ4v) is 2.68. The van der Waals surface area contributed by atoms with Gasteiger partial charge in [-0.15, -0.1) is 0 Å². The molecule has 0 aliphatic carbocycles. The molecule has 1 heteroatoms. The number of alkyl halides is 1. The van der Waals surface area contributed by atoms with E-state index in [1.54, 1.807) is 0 Å². The molecule has 114 valence electrons. The average molecular weight is 331 g/mol. The Labute approximate surface area is 130 Å². The number of allylic oxidation sites excluding steroid dienone is 2. The number of hydrogen-bond donors (Lipinski definition) is 0. The lowest BCUT2D eigenvalue weighted by atomic mass is 10.1. The third kappa shape index (κ3) is 18.2. The zero-order chi connectivity index (χ0) is 14.0. The molecule has 0 atom stereocenters. The van der Waals surface area contributed by atoms with Gasteiger partial charge in [0.25, 0.3) is 0 Å². The van der Waals surface area contributed by atoms with Gasteiger partial charge in [-0.3, -0.25) is 0 Å². The van der Waals surface area contributed by atoms with E-state index in [9.17, 15) is 0 Å². The van der Waals surface area contributed by atoms with Gasteiger partial charge in [-0.2, -0.15) is 0 Å². The van der Waals surface area contributed by atoms with E-state index in [2.05, 4.69) is 35.0 Å². The maximum atomic E-state index is 3.46. The molecule has 0 aromatic rings. The van der Waals surface area contributed by atoms with Gasteiger partial charge < -0.3 is 0 Å². The summed E-state index contributed by atoms with van der Waals surface area (Å²) in [4.78, 5) is 0. The van der Waals surface area contributed by atoms with Gasteiger partial charge in [-0.25, -0.2) is 0 Å². The highest BCUT2D eigenvalue weighted by Gasteiger charge is 1.92. The average Bonchev–Trinajstić information content (AvgIpc) is 2.43. The first kappa shape index (κ1) is 19.2. The van der Waals surface area contributed by atoms with Crippen LogP contribution >= 0.6 is 15.9 Å². The first-order valence-electron chi connectivity index (χ1n) is 8.62. The molecule has 0 aliphatic rings. The van der Waals surface area contributed by atoms with Crippen LogP contribution < -0.4 is 0 Å². The van der Waals surface area contributed by atoms with Crippen LogP contribution in [-0.4, -0.2) is 5.33 Å². The van der Waals surface area contributed by atoms with Gasteiger partial charge in [0.1, 0.15) is 0 Å². The smallest absolute Gasteiger partial charge is 0.00342 e. The van der Waals surface area contributed by atoms with Crippen LogP contribution in [0.25, 0.3) is 0 Å². The summed E-state index contributed by atoms with van der Waals surface area (Å²) in [6, 6.07) is 0. The van der Waals surface area contributed by atoms with Crippen molar-refractivity contribution in [3.8, 4) is 0 Å². The summed E-state index contributed by atoms with van der Waals surface area (Å²) in [6.07, 6.45) is 24.4. The summed E-state index contributed by atoms with van der Waals surface area (Å²) in [5.74, 6) is 0. The summed E-state index contributed by atoms with van der Waals surface area (Å²) in [6.45, 7) is 2.29. The number of unbranched alkanes of at least 4 members (excludes halogenated alkanes) is 12. The van der Waals surface area contributed by atoms with Crippen LogP contribution in [0.5, 0.6) is 0 Å². The molecule has 0 saturated carbocycles. The van der Waals surface area contributed by atoms with Crippen LogP contribution in [0.2, 0.25) is 0 Å². The lowest BCUT2D eigenvalue weighted by molar-refractivity contribution is 0.550. The number of halogens is 1. The van der Waals surface area contributed by atoms with Crippen molar-refractivity contribution in [3.63, 3.8) is 0 Å².